The predicted octanol–water partition coefficient (Wildman–Crippen LogP) is 2.54. The third-order valence-electron chi connectivity index (χ3n) is 3.71. The maximum atomic E-state index is 11.4. The van der Waals surface area contributed by atoms with E-state index in [4.69, 9.17) is 5.73 Å². The molecule has 1 aliphatic rings. The molecule has 2 unspecified atom stereocenters. The van der Waals surface area contributed by atoms with Gasteiger partial charge in [0.2, 0.25) is 10.0 Å². The Bertz CT molecular complexity index is 754. The van der Waals surface area contributed by atoms with Crippen LogP contribution in [-0.2, 0) is 10.0 Å². The highest BCUT2D eigenvalue weighted by Crippen LogP contribution is 2.39. The van der Waals surface area contributed by atoms with E-state index in [1.165, 1.54) is 5.56 Å². The molecule has 0 radical (unpaired) electrons. The molecule has 3 N–H and O–H groups in total. The van der Waals surface area contributed by atoms with Crippen LogP contribution in [0.2, 0.25) is 0 Å². The molecule has 1 aliphatic carbocycles. The zero-order valence-electron chi connectivity index (χ0n) is 11.8. The summed E-state index contributed by atoms with van der Waals surface area (Å²) in [6, 6.07) is 15.9. The molecular weight excluding hydrogens is 284 g/mol. The van der Waals surface area contributed by atoms with Gasteiger partial charge in [-0.3, -0.25) is 4.72 Å². The average molecular weight is 302 g/mol. The minimum Gasteiger partial charge on any atom is -0.327 e. The van der Waals surface area contributed by atoms with Gasteiger partial charge in [0.25, 0.3) is 0 Å². The van der Waals surface area contributed by atoms with Gasteiger partial charge in [-0.2, -0.15) is 0 Å². The van der Waals surface area contributed by atoms with Crippen molar-refractivity contribution in [2.75, 3.05) is 11.0 Å². The largest absolute Gasteiger partial charge is 0.327 e. The Kier molecular flexibility index (Phi) is 3.47. The minimum atomic E-state index is -3.29. The van der Waals surface area contributed by atoms with Crippen LogP contribution < -0.4 is 10.5 Å². The van der Waals surface area contributed by atoms with Crippen molar-refractivity contribution in [3.8, 4) is 11.1 Å². The summed E-state index contributed by atoms with van der Waals surface area (Å²) in [6.45, 7) is 0. The SMILES string of the molecule is CS(=O)(=O)Nc1ccccc1-c1ccc(C2CC2N)cc1. The molecule has 0 aliphatic heterocycles. The Labute approximate surface area is 125 Å². The van der Waals surface area contributed by atoms with Gasteiger partial charge in [0.05, 0.1) is 11.9 Å². The van der Waals surface area contributed by atoms with Crippen LogP contribution in [0.5, 0.6) is 0 Å². The zero-order valence-corrected chi connectivity index (χ0v) is 12.6. The molecule has 2 atom stereocenters. The molecule has 0 spiro atoms. The topological polar surface area (TPSA) is 72.2 Å². The van der Waals surface area contributed by atoms with Crippen molar-refractivity contribution < 1.29 is 8.42 Å². The molecule has 0 bridgehead atoms. The fourth-order valence-corrected chi connectivity index (χ4v) is 3.11. The fourth-order valence-electron chi connectivity index (χ4n) is 2.53. The van der Waals surface area contributed by atoms with Crippen LogP contribution >= 0.6 is 0 Å². The molecule has 2 aromatic carbocycles. The van der Waals surface area contributed by atoms with E-state index in [0.29, 0.717) is 11.6 Å². The first-order chi connectivity index (χ1) is 9.94. The third-order valence-corrected chi connectivity index (χ3v) is 4.30. The molecular formula is C16H18N2O2S. The van der Waals surface area contributed by atoms with Crippen LogP contribution in [-0.4, -0.2) is 20.7 Å². The molecule has 0 amide bonds. The van der Waals surface area contributed by atoms with Gasteiger partial charge in [-0.1, -0.05) is 42.5 Å². The van der Waals surface area contributed by atoms with Gasteiger partial charge >= 0.3 is 0 Å². The van der Waals surface area contributed by atoms with Crippen LogP contribution in [0.3, 0.4) is 0 Å². The number of nitrogens with two attached hydrogens (primary N) is 1. The molecule has 110 valence electrons. The molecule has 4 nitrogen and oxygen atoms in total. The van der Waals surface area contributed by atoms with E-state index in [9.17, 15) is 8.42 Å². The maximum Gasteiger partial charge on any atom is 0.229 e. The molecule has 3 rings (SSSR count). The molecule has 1 saturated carbocycles. The van der Waals surface area contributed by atoms with Crippen molar-refractivity contribution in [2.24, 2.45) is 5.73 Å². The number of hydrogen-bond acceptors (Lipinski definition) is 3. The van der Waals surface area contributed by atoms with Gasteiger partial charge in [-0.05, 0) is 23.6 Å². The van der Waals surface area contributed by atoms with Gasteiger partial charge in [0, 0.05) is 17.5 Å². The summed E-state index contributed by atoms with van der Waals surface area (Å²) in [5, 5.41) is 0. The van der Waals surface area contributed by atoms with Crippen molar-refractivity contribution in [1.29, 1.82) is 0 Å². The highest BCUT2D eigenvalue weighted by atomic mass is 32.2. The summed E-state index contributed by atoms with van der Waals surface area (Å²) in [4.78, 5) is 0. The Morgan fingerprint density at radius 3 is 2.29 bits per heavy atom. The number of benzene rings is 2. The van der Waals surface area contributed by atoms with Crippen molar-refractivity contribution >= 4 is 15.7 Å². The molecule has 2 aromatic rings. The second kappa shape index (κ2) is 5.16. The molecule has 5 heteroatoms. The Morgan fingerprint density at radius 2 is 1.71 bits per heavy atom. The van der Waals surface area contributed by atoms with E-state index in [2.05, 4.69) is 16.9 Å². The molecule has 0 saturated heterocycles. The lowest BCUT2D eigenvalue weighted by Gasteiger charge is -2.11. The molecule has 0 aromatic heterocycles. The van der Waals surface area contributed by atoms with Crippen LogP contribution in [0.4, 0.5) is 5.69 Å². The van der Waals surface area contributed by atoms with Crippen molar-refractivity contribution in [3.05, 3.63) is 54.1 Å². The first kappa shape index (κ1) is 14.1. The Balaban J connectivity index is 1.93. The van der Waals surface area contributed by atoms with E-state index < -0.39 is 10.0 Å². The first-order valence-electron chi connectivity index (χ1n) is 6.87. The van der Waals surface area contributed by atoms with Crippen LogP contribution in [0.15, 0.2) is 48.5 Å². The third kappa shape index (κ3) is 3.25. The molecule has 21 heavy (non-hydrogen) atoms. The average Bonchev–Trinajstić information content (AvgIpc) is 3.15. The number of nitrogens with one attached hydrogen (secondary N) is 1. The second-order valence-electron chi connectivity index (χ2n) is 5.55. The van der Waals surface area contributed by atoms with E-state index >= 15 is 0 Å². The van der Waals surface area contributed by atoms with E-state index in [1.54, 1.807) is 6.07 Å². The Hall–Kier alpha value is -1.85. The minimum absolute atomic E-state index is 0.287. The lowest BCUT2D eigenvalue weighted by molar-refractivity contribution is 0.607. The zero-order chi connectivity index (χ0) is 15.0. The summed E-state index contributed by atoms with van der Waals surface area (Å²) in [5.41, 5.74) is 9.56. The normalized spacial score (nSPS) is 21.0. The predicted molar refractivity (Wildman–Crippen MR) is 85.7 cm³/mol. The van der Waals surface area contributed by atoms with E-state index in [0.717, 1.165) is 23.8 Å². The van der Waals surface area contributed by atoms with Crippen molar-refractivity contribution in [1.82, 2.24) is 0 Å². The smallest absolute Gasteiger partial charge is 0.229 e. The second-order valence-corrected chi connectivity index (χ2v) is 7.30. The highest BCUT2D eigenvalue weighted by Gasteiger charge is 2.34. The summed E-state index contributed by atoms with van der Waals surface area (Å²) >= 11 is 0. The highest BCUT2D eigenvalue weighted by molar-refractivity contribution is 7.92. The standard InChI is InChI=1S/C16H18N2O2S/c1-21(19,20)18-16-5-3-2-4-13(16)11-6-8-12(9-7-11)14-10-15(14)17/h2-9,14-15,18H,10,17H2,1H3. The molecule has 1 fully saturated rings. The Morgan fingerprint density at radius 1 is 1.10 bits per heavy atom. The van der Waals surface area contributed by atoms with Crippen LogP contribution in [0, 0.1) is 0 Å². The summed E-state index contributed by atoms with van der Waals surface area (Å²) in [7, 11) is -3.29. The van der Waals surface area contributed by atoms with E-state index in [-0.39, 0.29) is 6.04 Å². The van der Waals surface area contributed by atoms with Gasteiger partial charge in [-0.15, -0.1) is 0 Å². The van der Waals surface area contributed by atoms with E-state index in [1.807, 2.05) is 30.3 Å². The lowest BCUT2D eigenvalue weighted by Crippen LogP contribution is -2.10. The van der Waals surface area contributed by atoms with Crippen LogP contribution in [0.1, 0.15) is 17.9 Å². The summed E-state index contributed by atoms with van der Waals surface area (Å²) in [5.74, 6) is 0.475. The quantitative estimate of drug-likeness (QED) is 0.911. The number of para-hydroxylation sites is 1. The molecule has 0 heterocycles. The number of hydrogen-bond donors (Lipinski definition) is 2. The number of anilines is 1. The monoisotopic (exact) mass is 302 g/mol. The van der Waals surface area contributed by atoms with Gasteiger partial charge in [0.1, 0.15) is 0 Å². The maximum absolute atomic E-state index is 11.4. The van der Waals surface area contributed by atoms with Gasteiger partial charge < -0.3 is 5.73 Å². The number of rotatable bonds is 4. The first-order valence-corrected chi connectivity index (χ1v) is 8.76. The fraction of sp³-hybridized carbons (Fsp3) is 0.250. The van der Waals surface area contributed by atoms with Gasteiger partial charge in [0.15, 0.2) is 0 Å². The van der Waals surface area contributed by atoms with Crippen LogP contribution in [0.25, 0.3) is 11.1 Å². The van der Waals surface area contributed by atoms with Crippen molar-refractivity contribution in [2.45, 2.75) is 18.4 Å². The summed E-state index contributed by atoms with van der Waals surface area (Å²) < 4.78 is 25.5. The lowest BCUT2D eigenvalue weighted by atomic mass is 10.0. The summed E-state index contributed by atoms with van der Waals surface area (Å²) in [6.07, 6.45) is 2.20. The van der Waals surface area contributed by atoms with Gasteiger partial charge in [-0.25, -0.2) is 8.42 Å². The van der Waals surface area contributed by atoms with Crippen molar-refractivity contribution in [3.63, 3.8) is 0 Å². The number of sulfonamides is 1.